The Morgan fingerprint density at radius 3 is 3.00 bits per heavy atom. The van der Waals surface area contributed by atoms with E-state index in [0.29, 0.717) is 18.9 Å². The van der Waals surface area contributed by atoms with Crippen molar-refractivity contribution < 1.29 is 9.90 Å². The summed E-state index contributed by atoms with van der Waals surface area (Å²) in [6.45, 7) is 2.80. The number of hydrogen-bond acceptors (Lipinski definition) is 4. The molecule has 3 N–H and O–H groups in total. The number of aliphatic hydroxyl groups excluding tert-OH is 1. The fourth-order valence-corrected chi connectivity index (χ4v) is 2.56. The lowest BCUT2D eigenvalue weighted by Crippen LogP contribution is -2.47. The first-order chi connectivity index (χ1) is 9.49. The van der Waals surface area contributed by atoms with Crippen LogP contribution in [-0.4, -0.2) is 38.6 Å². The fraction of sp³-hybridized carbons (Fsp3) is 0.769. The van der Waals surface area contributed by atoms with Crippen LogP contribution >= 0.6 is 0 Å². The first-order valence-electron chi connectivity index (χ1n) is 7.04. The molecule has 0 radical (unpaired) electrons. The maximum absolute atomic E-state index is 11.7. The van der Waals surface area contributed by atoms with Crippen molar-refractivity contribution in [2.45, 2.75) is 45.3 Å². The molecule has 0 spiro atoms. The molecule has 1 aromatic heterocycles. The van der Waals surface area contributed by atoms with E-state index in [-0.39, 0.29) is 17.6 Å². The monoisotopic (exact) mass is 281 g/mol. The number of carbonyl (C=O) groups excluding carboxylic acids is 1. The van der Waals surface area contributed by atoms with Crippen LogP contribution in [0.15, 0.2) is 6.33 Å². The van der Waals surface area contributed by atoms with Gasteiger partial charge < -0.3 is 15.7 Å². The molecular formula is C13H23N5O2. The predicted molar refractivity (Wildman–Crippen MR) is 73.8 cm³/mol. The summed E-state index contributed by atoms with van der Waals surface area (Å²) in [5, 5.41) is 19.7. The van der Waals surface area contributed by atoms with Crippen molar-refractivity contribution in [2.24, 2.45) is 12.5 Å². The standard InChI is InChI=1S/C13H23N5O2/c1-13(6-4-3-5-10(13)19)8-15-12(20)14-7-11-16-9-18(2)17-11/h9-10,19H,3-8H2,1-2H3,(H2,14,15,20). The molecule has 7 nitrogen and oxygen atoms in total. The van der Waals surface area contributed by atoms with E-state index in [4.69, 9.17) is 0 Å². The average molecular weight is 281 g/mol. The molecule has 7 heteroatoms. The minimum Gasteiger partial charge on any atom is -0.392 e. The highest BCUT2D eigenvalue weighted by Gasteiger charge is 2.35. The van der Waals surface area contributed by atoms with E-state index in [0.717, 1.165) is 25.7 Å². The molecular weight excluding hydrogens is 258 g/mol. The lowest BCUT2D eigenvalue weighted by Gasteiger charge is -2.38. The van der Waals surface area contributed by atoms with Gasteiger partial charge in [0.15, 0.2) is 5.82 Å². The minimum atomic E-state index is -0.339. The second kappa shape index (κ2) is 6.21. The maximum Gasteiger partial charge on any atom is 0.315 e. The summed E-state index contributed by atoms with van der Waals surface area (Å²) >= 11 is 0. The Labute approximate surface area is 118 Å². The van der Waals surface area contributed by atoms with E-state index < -0.39 is 0 Å². The third-order valence-electron chi connectivity index (χ3n) is 3.99. The number of urea groups is 1. The summed E-state index contributed by atoms with van der Waals surface area (Å²) in [4.78, 5) is 15.8. The van der Waals surface area contributed by atoms with Crippen LogP contribution in [0.1, 0.15) is 38.4 Å². The van der Waals surface area contributed by atoms with Crippen LogP contribution in [0, 0.1) is 5.41 Å². The molecule has 0 aliphatic heterocycles. The first kappa shape index (κ1) is 14.8. The molecule has 0 aromatic carbocycles. The summed E-state index contributed by atoms with van der Waals surface area (Å²) in [6.07, 6.45) is 5.18. The maximum atomic E-state index is 11.7. The fourth-order valence-electron chi connectivity index (χ4n) is 2.56. The molecule has 0 bridgehead atoms. The number of aromatic nitrogens is 3. The Bertz CT molecular complexity index is 461. The number of rotatable bonds is 4. The van der Waals surface area contributed by atoms with Crippen molar-refractivity contribution in [3.8, 4) is 0 Å². The number of aliphatic hydroxyl groups is 1. The molecule has 1 aliphatic carbocycles. The molecule has 1 heterocycles. The molecule has 1 aromatic rings. The van der Waals surface area contributed by atoms with Crippen LogP contribution in [0.25, 0.3) is 0 Å². The van der Waals surface area contributed by atoms with Gasteiger partial charge in [-0.15, -0.1) is 0 Å². The number of amides is 2. The van der Waals surface area contributed by atoms with E-state index in [1.165, 1.54) is 0 Å². The van der Waals surface area contributed by atoms with Gasteiger partial charge >= 0.3 is 6.03 Å². The molecule has 1 saturated carbocycles. The summed E-state index contributed by atoms with van der Waals surface area (Å²) in [5.74, 6) is 0.576. The van der Waals surface area contributed by atoms with Crippen LogP contribution in [0.4, 0.5) is 4.79 Å². The molecule has 2 atom stereocenters. The Balaban J connectivity index is 1.74. The molecule has 20 heavy (non-hydrogen) atoms. The Kier molecular flexibility index (Phi) is 4.59. The van der Waals surface area contributed by atoms with Gasteiger partial charge in [-0.1, -0.05) is 19.8 Å². The van der Waals surface area contributed by atoms with Crippen LogP contribution in [0.3, 0.4) is 0 Å². The summed E-state index contributed by atoms with van der Waals surface area (Å²) < 4.78 is 1.59. The van der Waals surface area contributed by atoms with Gasteiger partial charge in [0.05, 0.1) is 12.6 Å². The molecule has 2 amide bonds. The quantitative estimate of drug-likeness (QED) is 0.751. The number of aryl methyl sites for hydroxylation is 1. The van der Waals surface area contributed by atoms with Crippen LogP contribution in [-0.2, 0) is 13.6 Å². The van der Waals surface area contributed by atoms with Gasteiger partial charge in [-0.05, 0) is 12.8 Å². The molecule has 0 saturated heterocycles. The Morgan fingerprint density at radius 1 is 1.55 bits per heavy atom. The predicted octanol–water partition coefficient (Wildman–Crippen LogP) is 0.555. The molecule has 112 valence electrons. The number of nitrogens with one attached hydrogen (secondary N) is 2. The first-order valence-corrected chi connectivity index (χ1v) is 7.04. The number of carbonyl (C=O) groups is 1. The number of hydrogen-bond donors (Lipinski definition) is 3. The van der Waals surface area contributed by atoms with E-state index >= 15 is 0 Å². The topological polar surface area (TPSA) is 92.1 Å². The zero-order valence-electron chi connectivity index (χ0n) is 12.1. The van der Waals surface area contributed by atoms with E-state index in [2.05, 4.69) is 20.7 Å². The molecule has 2 unspecified atom stereocenters. The van der Waals surface area contributed by atoms with Crippen LogP contribution < -0.4 is 10.6 Å². The van der Waals surface area contributed by atoms with E-state index in [9.17, 15) is 9.90 Å². The van der Waals surface area contributed by atoms with Crippen LogP contribution in [0.2, 0.25) is 0 Å². The van der Waals surface area contributed by atoms with Gasteiger partial charge in [0, 0.05) is 19.0 Å². The van der Waals surface area contributed by atoms with Gasteiger partial charge in [0.2, 0.25) is 0 Å². The van der Waals surface area contributed by atoms with Crippen molar-refractivity contribution in [3.63, 3.8) is 0 Å². The Hall–Kier alpha value is -1.63. The Morgan fingerprint density at radius 2 is 2.35 bits per heavy atom. The minimum absolute atomic E-state index is 0.223. The lowest BCUT2D eigenvalue weighted by molar-refractivity contribution is 0.00308. The SMILES string of the molecule is Cn1cnc(CNC(=O)NCC2(C)CCCCC2O)n1. The molecule has 1 aliphatic rings. The smallest absolute Gasteiger partial charge is 0.315 e. The van der Waals surface area contributed by atoms with Crippen molar-refractivity contribution in [2.75, 3.05) is 6.54 Å². The third kappa shape index (κ3) is 3.69. The molecule has 1 fully saturated rings. The van der Waals surface area contributed by atoms with E-state index in [1.54, 1.807) is 18.1 Å². The van der Waals surface area contributed by atoms with Gasteiger partial charge in [-0.3, -0.25) is 4.68 Å². The average Bonchev–Trinajstić information content (AvgIpc) is 2.84. The second-order valence-corrected chi connectivity index (χ2v) is 5.79. The third-order valence-corrected chi connectivity index (χ3v) is 3.99. The lowest BCUT2D eigenvalue weighted by atomic mass is 9.73. The van der Waals surface area contributed by atoms with Gasteiger partial charge in [-0.2, -0.15) is 5.10 Å². The highest BCUT2D eigenvalue weighted by molar-refractivity contribution is 5.73. The van der Waals surface area contributed by atoms with E-state index in [1.807, 2.05) is 6.92 Å². The van der Waals surface area contributed by atoms with Gasteiger partial charge in [-0.25, -0.2) is 9.78 Å². The zero-order valence-corrected chi connectivity index (χ0v) is 12.1. The summed E-state index contributed by atoms with van der Waals surface area (Å²) in [7, 11) is 1.78. The van der Waals surface area contributed by atoms with Crippen LogP contribution in [0.5, 0.6) is 0 Å². The van der Waals surface area contributed by atoms with Crippen molar-refractivity contribution in [1.29, 1.82) is 0 Å². The molecule has 2 rings (SSSR count). The van der Waals surface area contributed by atoms with Gasteiger partial charge in [0.1, 0.15) is 6.33 Å². The summed E-state index contributed by atoms with van der Waals surface area (Å²) in [5.41, 5.74) is -0.223. The summed E-state index contributed by atoms with van der Waals surface area (Å²) in [6, 6.07) is -0.253. The van der Waals surface area contributed by atoms with Gasteiger partial charge in [0.25, 0.3) is 0 Å². The second-order valence-electron chi connectivity index (χ2n) is 5.79. The highest BCUT2D eigenvalue weighted by Crippen LogP contribution is 2.35. The van der Waals surface area contributed by atoms with Crippen molar-refractivity contribution >= 4 is 6.03 Å². The largest absolute Gasteiger partial charge is 0.392 e. The van der Waals surface area contributed by atoms with Crippen molar-refractivity contribution in [1.82, 2.24) is 25.4 Å². The highest BCUT2D eigenvalue weighted by atomic mass is 16.3. The van der Waals surface area contributed by atoms with Crippen molar-refractivity contribution in [3.05, 3.63) is 12.2 Å². The zero-order chi connectivity index (χ0) is 14.6. The number of nitrogens with zero attached hydrogens (tertiary/aromatic N) is 3. The normalized spacial score (nSPS) is 26.2.